The Morgan fingerprint density at radius 2 is 1.14 bits per heavy atom. The standard InChI is InChI=1S/2C7H5N2.2ClH.Ti/c2*1-2-4-7-6(3-1)8-5-9-7;;;/h2*1-5H;2*1H;/q2*-1;;;+4/p-2. The first kappa shape index (κ1) is 13.3. The van der Waals surface area contributed by atoms with E-state index in [1.54, 1.807) is 12.7 Å². The van der Waals surface area contributed by atoms with Gasteiger partial charge in [-0.3, -0.25) is 0 Å². The summed E-state index contributed by atoms with van der Waals surface area (Å²) in [6, 6.07) is 15.7. The Bertz CT molecular complexity index is 868. The van der Waals surface area contributed by atoms with E-state index in [0.717, 1.165) is 22.1 Å². The van der Waals surface area contributed by atoms with Gasteiger partial charge in [0.25, 0.3) is 0 Å². The van der Waals surface area contributed by atoms with Crippen molar-refractivity contribution in [2.75, 3.05) is 0 Å². The van der Waals surface area contributed by atoms with Crippen LogP contribution in [0.15, 0.2) is 61.2 Å². The van der Waals surface area contributed by atoms with Crippen molar-refractivity contribution in [1.29, 1.82) is 0 Å². The summed E-state index contributed by atoms with van der Waals surface area (Å²) < 4.78 is 3.82. The summed E-state index contributed by atoms with van der Waals surface area (Å²) in [4.78, 5) is 8.76. The Balaban J connectivity index is 1.97. The van der Waals surface area contributed by atoms with E-state index in [2.05, 4.69) is 9.97 Å². The molecule has 0 aliphatic carbocycles. The molecule has 0 N–H and O–H groups in total. The molecule has 0 saturated heterocycles. The van der Waals surface area contributed by atoms with Crippen LogP contribution in [0.1, 0.15) is 0 Å². The third-order valence-electron chi connectivity index (χ3n) is 3.49. The monoisotopic (exact) mass is 352 g/mol. The van der Waals surface area contributed by atoms with E-state index >= 15 is 0 Å². The van der Waals surface area contributed by atoms with Crippen molar-refractivity contribution < 1.29 is 15.0 Å². The summed E-state index contributed by atoms with van der Waals surface area (Å²) in [6.07, 6.45) is 3.44. The average molecular weight is 353 g/mol. The number of rotatable bonds is 2. The van der Waals surface area contributed by atoms with Crippen LogP contribution in [-0.2, 0) is 15.0 Å². The van der Waals surface area contributed by atoms with Crippen molar-refractivity contribution in [3.05, 3.63) is 61.2 Å². The number of benzene rings is 2. The van der Waals surface area contributed by atoms with Gasteiger partial charge in [-0.05, 0) is 0 Å². The number of hydrogen-bond acceptors (Lipinski definition) is 2. The quantitative estimate of drug-likeness (QED) is 0.510. The maximum atomic E-state index is 6.83. The number of nitrogens with zero attached hydrogens (tertiary/aromatic N) is 4. The Kier molecular flexibility index (Phi) is 3.08. The minimum absolute atomic E-state index is 0.887. The van der Waals surface area contributed by atoms with Gasteiger partial charge in [0.05, 0.1) is 0 Å². The first-order valence-electron chi connectivity index (χ1n) is 6.41. The van der Waals surface area contributed by atoms with Crippen molar-refractivity contribution in [2.45, 2.75) is 0 Å². The van der Waals surface area contributed by atoms with Gasteiger partial charge in [-0.2, -0.15) is 0 Å². The fourth-order valence-electron chi connectivity index (χ4n) is 2.46. The van der Waals surface area contributed by atoms with E-state index in [4.69, 9.17) is 18.6 Å². The fourth-order valence-corrected chi connectivity index (χ4v) is 7.16. The third kappa shape index (κ3) is 2.02. The number of hydrogen-bond donors (Lipinski definition) is 0. The molecule has 4 nitrogen and oxygen atoms in total. The molecule has 0 aliphatic rings. The van der Waals surface area contributed by atoms with E-state index in [0.29, 0.717) is 0 Å². The van der Waals surface area contributed by atoms with Gasteiger partial charge >= 0.3 is 133 Å². The van der Waals surface area contributed by atoms with Crippen LogP contribution in [0.5, 0.6) is 0 Å². The van der Waals surface area contributed by atoms with Gasteiger partial charge in [0.2, 0.25) is 0 Å². The number of halogens is 2. The predicted molar refractivity (Wildman–Crippen MR) is 82.0 cm³/mol. The van der Waals surface area contributed by atoms with Crippen LogP contribution in [0.25, 0.3) is 22.1 Å². The average Bonchev–Trinajstić information content (AvgIpc) is 3.12. The van der Waals surface area contributed by atoms with E-state index in [9.17, 15) is 0 Å². The Labute approximate surface area is 132 Å². The second kappa shape index (κ2) is 4.85. The molecule has 0 fully saturated rings. The topological polar surface area (TPSA) is 35.6 Å². The van der Waals surface area contributed by atoms with Gasteiger partial charge in [-0.25, -0.2) is 0 Å². The molecule has 0 atom stereocenters. The van der Waals surface area contributed by atoms with Crippen LogP contribution >= 0.6 is 18.6 Å². The van der Waals surface area contributed by atoms with Crippen molar-refractivity contribution in [3.8, 4) is 0 Å². The number of para-hydroxylation sites is 4. The molecular formula is C14H10Cl2N4Ti. The van der Waals surface area contributed by atoms with Gasteiger partial charge in [-0.1, -0.05) is 0 Å². The molecule has 7 heteroatoms. The van der Waals surface area contributed by atoms with Gasteiger partial charge in [0.15, 0.2) is 0 Å². The molecule has 0 unspecified atom stereocenters. The minimum atomic E-state index is -3.62. The SMILES string of the molecule is [Cl][Ti]([Cl])([n]1cnc2ccccc21)[n]1cnc2ccccc21. The van der Waals surface area contributed by atoms with Crippen molar-refractivity contribution in [2.24, 2.45) is 0 Å². The van der Waals surface area contributed by atoms with Crippen LogP contribution < -0.4 is 0 Å². The van der Waals surface area contributed by atoms with Gasteiger partial charge in [-0.15, -0.1) is 0 Å². The van der Waals surface area contributed by atoms with Gasteiger partial charge in [0, 0.05) is 0 Å². The van der Waals surface area contributed by atoms with Crippen molar-refractivity contribution in [3.63, 3.8) is 0 Å². The molecule has 4 aromatic rings. The predicted octanol–water partition coefficient (Wildman–Crippen LogP) is 4.07. The normalized spacial score (nSPS) is 12.3. The fraction of sp³-hybridized carbons (Fsp3) is 0. The van der Waals surface area contributed by atoms with Crippen LogP contribution in [0, 0.1) is 0 Å². The molecule has 104 valence electrons. The molecule has 0 aliphatic heterocycles. The van der Waals surface area contributed by atoms with Crippen molar-refractivity contribution >= 4 is 40.7 Å². The number of fused-ring (bicyclic) bond motifs is 2. The molecular weight excluding hydrogens is 343 g/mol. The molecule has 0 spiro atoms. The number of imidazole rings is 2. The summed E-state index contributed by atoms with van der Waals surface area (Å²) in [5, 5.41) is 0. The molecule has 0 radical (unpaired) electrons. The molecule has 21 heavy (non-hydrogen) atoms. The van der Waals surface area contributed by atoms with E-state index < -0.39 is 15.0 Å². The Morgan fingerprint density at radius 1 is 0.714 bits per heavy atom. The first-order valence-corrected chi connectivity index (χ1v) is 12.1. The van der Waals surface area contributed by atoms with Crippen molar-refractivity contribution in [1.82, 2.24) is 16.1 Å². The molecule has 2 aromatic carbocycles. The second-order valence-corrected chi connectivity index (χ2v) is 13.0. The summed E-state index contributed by atoms with van der Waals surface area (Å²) in [5.41, 5.74) is 3.66. The third-order valence-corrected chi connectivity index (χ3v) is 9.41. The zero-order valence-corrected chi connectivity index (χ0v) is 13.9. The van der Waals surface area contributed by atoms with Crippen LogP contribution in [-0.4, -0.2) is 16.1 Å². The van der Waals surface area contributed by atoms with Crippen LogP contribution in [0.4, 0.5) is 0 Å². The van der Waals surface area contributed by atoms with E-state index in [1.165, 1.54) is 0 Å². The zero-order chi connectivity index (χ0) is 14.4. The molecule has 2 heterocycles. The van der Waals surface area contributed by atoms with Gasteiger partial charge < -0.3 is 0 Å². The zero-order valence-electron chi connectivity index (χ0n) is 10.8. The second-order valence-electron chi connectivity index (χ2n) is 4.72. The number of aromatic nitrogens is 4. The Hall–Kier alpha value is -1.33. The van der Waals surface area contributed by atoms with E-state index in [-0.39, 0.29) is 0 Å². The van der Waals surface area contributed by atoms with Gasteiger partial charge in [0.1, 0.15) is 0 Å². The van der Waals surface area contributed by atoms with E-state index in [1.807, 2.05) is 54.6 Å². The molecule has 0 saturated carbocycles. The first-order chi connectivity index (χ1) is 10.2. The Morgan fingerprint density at radius 3 is 1.62 bits per heavy atom. The van der Waals surface area contributed by atoms with Crippen LogP contribution in [0.3, 0.4) is 0 Å². The summed E-state index contributed by atoms with van der Waals surface area (Å²) >= 11 is -3.62. The summed E-state index contributed by atoms with van der Waals surface area (Å²) in [6.45, 7) is 0. The molecule has 0 amide bonds. The molecule has 4 rings (SSSR count). The van der Waals surface area contributed by atoms with Crippen LogP contribution in [0.2, 0.25) is 0 Å². The summed E-state index contributed by atoms with van der Waals surface area (Å²) in [7, 11) is 13.7. The summed E-state index contributed by atoms with van der Waals surface area (Å²) in [5.74, 6) is 0. The maximum absolute atomic E-state index is 6.83. The molecule has 2 aromatic heterocycles. The molecule has 0 bridgehead atoms.